The Morgan fingerprint density at radius 2 is 1.72 bits per heavy atom. The van der Waals surface area contributed by atoms with E-state index in [0.717, 1.165) is 16.9 Å². The number of aryl methyl sites for hydroxylation is 1. The highest BCUT2D eigenvalue weighted by Gasteiger charge is 2.05. The predicted molar refractivity (Wildman–Crippen MR) is 74.9 cm³/mol. The van der Waals surface area contributed by atoms with E-state index in [-0.39, 0.29) is 0 Å². The van der Waals surface area contributed by atoms with Gasteiger partial charge in [0.2, 0.25) is 0 Å². The Balaban J connectivity index is 2.32. The lowest BCUT2D eigenvalue weighted by molar-refractivity contribution is 0.319. The maximum Gasteiger partial charge on any atom is 0.0857 e. The van der Waals surface area contributed by atoms with E-state index in [9.17, 15) is 0 Å². The molecule has 2 N–H and O–H groups in total. The summed E-state index contributed by atoms with van der Waals surface area (Å²) in [5, 5.41) is 15.5. The average molecular weight is 240 g/mol. The molecule has 0 bridgehead atoms. The number of hydrogen-bond acceptors (Lipinski definition) is 3. The second-order valence-electron chi connectivity index (χ2n) is 4.22. The molecule has 2 rings (SSSR count). The van der Waals surface area contributed by atoms with Crippen molar-refractivity contribution in [1.29, 1.82) is 0 Å². The van der Waals surface area contributed by atoms with Crippen LogP contribution in [-0.4, -0.2) is 10.9 Å². The van der Waals surface area contributed by atoms with Crippen LogP contribution >= 0.6 is 0 Å². The standard InChI is InChI=1S/C15H16N2O/c1-11-7-9-13(10-8-11)16-15-6-4-3-5-14(15)12(2)17-18/h3-10,16,18H,1-2H3/b17-12-. The number of rotatable bonds is 3. The normalized spacial score (nSPS) is 11.3. The molecule has 0 aliphatic carbocycles. The number of hydrogen-bond donors (Lipinski definition) is 2. The third-order valence-corrected chi connectivity index (χ3v) is 2.80. The second-order valence-corrected chi connectivity index (χ2v) is 4.22. The summed E-state index contributed by atoms with van der Waals surface area (Å²) >= 11 is 0. The maximum absolute atomic E-state index is 8.88. The molecule has 0 atom stereocenters. The highest BCUT2D eigenvalue weighted by molar-refractivity contribution is 6.03. The molecule has 0 spiro atoms. The molecule has 0 aromatic heterocycles. The first-order valence-corrected chi connectivity index (χ1v) is 5.82. The SMILES string of the molecule is C/C(=N/O)c1ccccc1Nc1ccc(C)cc1. The molecular formula is C15H16N2O. The Morgan fingerprint density at radius 3 is 2.39 bits per heavy atom. The monoisotopic (exact) mass is 240 g/mol. The van der Waals surface area contributed by atoms with Gasteiger partial charge in [-0.3, -0.25) is 0 Å². The maximum atomic E-state index is 8.88. The molecule has 0 heterocycles. The molecule has 2 aromatic carbocycles. The van der Waals surface area contributed by atoms with Crippen molar-refractivity contribution in [3.8, 4) is 0 Å². The summed E-state index contributed by atoms with van der Waals surface area (Å²) in [7, 11) is 0. The van der Waals surface area contributed by atoms with Gasteiger partial charge in [-0.2, -0.15) is 0 Å². The molecule has 0 saturated heterocycles. The van der Waals surface area contributed by atoms with Crippen LogP contribution in [0.5, 0.6) is 0 Å². The lowest BCUT2D eigenvalue weighted by Crippen LogP contribution is -2.01. The van der Waals surface area contributed by atoms with Gasteiger partial charge in [0.05, 0.1) is 5.71 Å². The predicted octanol–water partition coefficient (Wildman–Crippen LogP) is 3.94. The minimum absolute atomic E-state index is 0.588. The highest BCUT2D eigenvalue weighted by Crippen LogP contribution is 2.21. The van der Waals surface area contributed by atoms with E-state index in [1.807, 2.05) is 36.4 Å². The third kappa shape index (κ3) is 2.69. The first-order valence-electron chi connectivity index (χ1n) is 5.82. The quantitative estimate of drug-likeness (QED) is 0.485. The van der Waals surface area contributed by atoms with E-state index in [1.165, 1.54) is 5.56 Å². The van der Waals surface area contributed by atoms with Crippen LogP contribution in [0.3, 0.4) is 0 Å². The van der Waals surface area contributed by atoms with Crippen LogP contribution in [0.2, 0.25) is 0 Å². The molecule has 92 valence electrons. The molecular weight excluding hydrogens is 224 g/mol. The molecule has 0 unspecified atom stereocenters. The fourth-order valence-electron chi connectivity index (χ4n) is 1.75. The van der Waals surface area contributed by atoms with E-state index >= 15 is 0 Å². The van der Waals surface area contributed by atoms with Crippen LogP contribution < -0.4 is 5.32 Å². The molecule has 0 saturated carbocycles. The van der Waals surface area contributed by atoms with Crippen LogP contribution in [-0.2, 0) is 0 Å². The van der Waals surface area contributed by atoms with Gasteiger partial charge in [-0.15, -0.1) is 0 Å². The number of benzene rings is 2. The van der Waals surface area contributed by atoms with E-state index in [2.05, 4.69) is 29.5 Å². The molecule has 3 nitrogen and oxygen atoms in total. The second kappa shape index (κ2) is 5.36. The highest BCUT2D eigenvalue weighted by atomic mass is 16.4. The van der Waals surface area contributed by atoms with Gasteiger partial charge in [0, 0.05) is 16.9 Å². The average Bonchev–Trinajstić information content (AvgIpc) is 2.41. The first kappa shape index (κ1) is 12.2. The summed E-state index contributed by atoms with van der Waals surface area (Å²) in [6.07, 6.45) is 0. The zero-order valence-corrected chi connectivity index (χ0v) is 10.5. The summed E-state index contributed by atoms with van der Waals surface area (Å²) in [6, 6.07) is 15.9. The van der Waals surface area contributed by atoms with Crippen molar-refractivity contribution in [3.05, 3.63) is 59.7 Å². The minimum atomic E-state index is 0.588. The van der Waals surface area contributed by atoms with Gasteiger partial charge in [-0.05, 0) is 32.0 Å². The number of anilines is 2. The van der Waals surface area contributed by atoms with Gasteiger partial charge in [-0.1, -0.05) is 41.1 Å². The number of oxime groups is 1. The van der Waals surface area contributed by atoms with E-state index in [4.69, 9.17) is 5.21 Å². The zero-order chi connectivity index (χ0) is 13.0. The Kier molecular flexibility index (Phi) is 3.63. The summed E-state index contributed by atoms with van der Waals surface area (Å²) in [4.78, 5) is 0. The third-order valence-electron chi connectivity index (χ3n) is 2.80. The molecule has 0 radical (unpaired) electrons. The molecule has 2 aromatic rings. The van der Waals surface area contributed by atoms with Gasteiger partial charge < -0.3 is 10.5 Å². The van der Waals surface area contributed by atoms with Gasteiger partial charge >= 0.3 is 0 Å². The van der Waals surface area contributed by atoms with Crippen molar-refractivity contribution in [2.24, 2.45) is 5.16 Å². The van der Waals surface area contributed by atoms with Gasteiger partial charge in [0.25, 0.3) is 0 Å². The number of para-hydroxylation sites is 1. The van der Waals surface area contributed by atoms with Crippen LogP contribution in [0.4, 0.5) is 11.4 Å². The molecule has 0 aliphatic heterocycles. The Hall–Kier alpha value is -2.29. The summed E-state index contributed by atoms with van der Waals surface area (Å²) in [5.41, 5.74) is 4.64. The minimum Gasteiger partial charge on any atom is -0.411 e. The van der Waals surface area contributed by atoms with Crippen LogP contribution in [0.15, 0.2) is 53.7 Å². The van der Waals surface area contributed by atoms with Crippen molar-refractivity contribution in [2.75, 3.05) is 5.32 Å². The molecule has 18 heavy (non-hydrogen) atoms. The van der Waals surface area contributed by atoms with Crippen molar-refractivity contribution in [3.63, 3.8) is 0 Å². The fraction of sp³-hybridized carbons (Fsp3) is 0.133. The van der Waals surface area contributed by atoms with Crippen molar-refractivity contribution < 1.29 is 5.21 Å². The Morgan fingerprint density at radius 1 is 1.06 bits per heavy atom. The Labute approximate surface area is 107 Å². The van der Waals surface area contributed by atoms with Gasteiger partial charge in [0.15, 0.2) is 0 Å². The molecule has 3 heteroatoms. The van der Waals surface area contributed by atoms with E-state index in [0.29, 0.717) is 5.71 Å². The van der Waals surface area contributed by atoms with E-state index in [1.54, 1.807) is 6.92 Å². The van der Waals surface area contributed by atoms with Gasteiger partial charge in [-0.25, -0.2) is 0 Å². The largest absolute Gasteiger partial charge is 0.411 e. The summed E-state index contributed by atoms with van der Waals surface area (Å²) < 4.78 is 0. The van der Waals surface area contributed by atoms with Crippen LogP contribution in [0, 0.1) is 6.92 Å². The topological polar surface area (TPSA) is 44.6 Å². The van der Waals surface area contributed by atoms with Crippen LogP contribution in [0.25, 0.3) is 0 Å². The van der Waals surface area contributed by atoms with Crippen molar-refractivity contribution in [1.82, 2.24) is 0 Å². The van der Waals surface area contributed by atoms with Crippen molar-refractivity contribution >= 4 is 17.1 Å². The number of nitrogens with one attached hydrogen (secondary N) is 1. The molecule has 0 amide bonds. The molecule has 0 aliphatic rings. The smallest absolute Gasteiger partial charge is 0.0857 e. The first-order chi connectivity index (χ1) is 8.70. The fourth-order valence-corrected chi connectivity index (χ4v) is 1.75. The number of nitrogens with zero attached hydrogens (tertiary/aromatic N) is 1. The summed E-state index contributed by atoms with van der Waals surface area (Å²) in [6.45, 7) is 3.83. The molecule has 0 fully saturated rings. The lowest BCUT2D eigenvalue weighted by Gasteiger charge is -2.11. The Bertz CT molecular complexity index is 559. The van der Waals surface area contributed by atoms with E-state index < -0.39 is 0 Å². The van der Waals surface area contributed by atoms with Crippen LogP contribution in [0.1, 0.15) is 18.1 Å². The van der Waals surface area contributed by atoms with Crippen molar-refractivity contribution in [2.45, 2.75) is 13.8 Å². The summed E-state index contributed by atoms with van der Waals surface area (Å²) in [5.74, 6) is 0. The zero-order valence-electron chi connectivity index (χ0n) is 10.5. The van der Waals surface area contributed by atoms with Gasteiger partial charge in [0.1, 0.15) is 0 Å². The lowest BCUT2D eigenvalue weighted by atomic mass is 10.1.